The molecule has 1 aliphatic heterocycles. The minimum atomic E-state index is -3.37. The molecule has 35 heavy (non-hydrogen) atoms. The summed E-state index contributed by atoms with van der Waals surface area (Å²) in [6.07, 6.45) is 4.92. The summed E-state index contributed by atoms with van der Waals surface area (Å²) in [6.45, 7) is 3.09. The van der Waals surface area contributed by atoms with Crippen molar-refractivity contribution in [1.29, 1.82) is 5.26 Å². The molecule has 0 unspecified atom stereocenters. The van der Waals surface area contributed by atoms with E-state index in [1.165, 1.54) is 7.11 Å². The van der Waals surface area contributed by atoms with Crippen LogP contribution >= 0.6 is 0 Å². The molecule has 0 saturated heterocycles. The quantitative estimate of drug-likeness (QED) is 0.454. The second-order valence-corrected chi connectivity index (χ2v) is 10.5. The number of anilines is 1. The summed E-state index contributed by atoms with van der Waals surface area (Å²) in [5.74, 6) is 1.98. The van der Waals surface area contributed by atoms with Gasteiger partial charge in [0, 0.05) is 19.2 Å². The van der Waals surface area contributed by atoms with Crippen molar-refractivity contribution in [2.75, 3.05) is 31.7 Å². The number of nitrogens with zero attached hydrogens (tertiary/aromatic N) is 3. The zero-order valence-corrected chi connectivity index (χ0v) is 21.2. The van der Waals surface area contributed by atoms with E-state index in [1.54, 1.807) is 19.2 Å². The van der Waals surface area contributed by atoms with Gasteiger partial charge < -0.3 is 19.1 Å². The first kappa shape index (κ1) is 24.7. The average molecular weight is 499 g/mol. The molecule has 186 valence electrons. The van der Waals surface area contributed by atoms with Crippen molar-refractivity contribution in [3.63, 3.8) is 0 Å². The van der Waals surface area contributed by atoms with Crippen LogP contribution in [-0.2, 0) is 23.0 Å². The molecule has 9 nitrogen and oxygen atoms in total. The lowest BCUT2D eigenvalue weighted by molar-refractivity contribution is 0.119. The van der Waals surface area contributed by atoms with Crippen molar-refractivity contribution in [1.82, 2.24) is 4.90 Å². The fourth-order valence-corrected chi connectivity index (χ4v) is 4.93. The van der Waals surface area contributed by atoms with Crippen molar-refractivity contribution >= 4 is 27.2 Å². The Kier molecular flexibility index (Phi) is 7.08. The minimum Gasteiger partial charge on any atom is -0.493 e. The average Bonchev–Trinajstić information content (AvgIpc) is 2.79. The van der Waals surface area contributed by atoms with Crippen molar-refractivity contribution < 1.29 is 22.6 Å². The van der Waals surface area contributed by atoms with E-state index in [2.05, 4.69) is 15.7 Å². The normalized spacial score (nSPS) is 16.1. The Bertz CT molecular complexity index is 1300. The Labute approximate surface area is 206 Å². The van der Waals surface area contributed by atoms with Gasteiger partial charge in [-0.25, -0.2) is 13.4 Å². The Morgan fingerprint density at radius 3 is 2.60 bits per heavy atom. The molecule has 0 spiro atoms. The highest BCUT2D eigenvalue weighted by Crippen LogP contribution is 2.46. The third kappa shape index (κ3) is 5.30. The summed E-state index contributed by atoms with van der Waals surface area (Å²) in [6, 6.07) is 9.54. The van der Waals surface area contributed by atoms with E-state index >= 15 is 0 Å². The number of aliphatic imine (C=N–C) groups is 1. The van der Waals surface area contributed by atoms with Crippen LogP contribution in [0.5, 0.6) is 17.2 Å². The van der Waals surface area contributed by atoms with E-state index in [-0.39, 0.29) is 6.10 Å². The molecule has 1 heterocycles. The van der Waals surface area contributed by atoms with Crippen LogP contribution in [0.1, 0.15) is 42.9 Å². The van der Waals surface area contributed by atoms with Gasteiger partial charge in [-0.1, -0.05) is 12.1 Å². The van der Waals surface area contributed by atoms with E-state index < -0.39 is 10.0 Å². The van der Waals surface area contributed by atoms with Gasteiger partial charge in [0.1, 0.15) is 28.9 Å². The first-order chi connectivity index (χ1) is 16.7. The fraction of sp³-hybridized carbons (Fsp3) is 0.440. The molecule has 1 N–H and O–H groups in total. The van der Waals surface area contributed by atoms with E-state index in [4.69, 9.17) is 19.2 Å². The number of benzene rings is 2. The van der Waals surface area contributed by atoms with Crippen LogP contribution in [0.3, 0.4) is 0 Å². The Hall–Kier alpha value is -3.45. The molecule has 2 aliphatic rings. The van der Waals surface area contributed by atoms with Crippen molar-refractivity contribution in [3.8, 4) is 23.3 Å². The summed E-state index contributed by atoms with van der Waals surface area (Å²) in [5.41, 5.74) is 3.30. The minimum absolute atomic E-state index is 0.0893. The number of hydrogen-bond acceptors (Lipinski definition) is 7. The summed E-state index contributed by atoms with van der Waals surface area (Å²) < 4.78 is 43.3. The topological polar surface area (TPSA) is 113 Å². The third-order valence-electron chi connectivity index (χ3n) is 6.36. The van der Waals surface area contributed by atoms with Gasteiger partial charge in [-0.15, -0.1) is 0 Å². The molecular weight excluding hydrogens is 468 g/mol. The van der Waals surface area contributed by atoms with Crippen LogP contribution in [0.2, 0.25) is 0 Å². The summed E-state index contributed by atoms with van der Waals surface area (Å²) >= 11 is 0. The van der Waals surface area contributed by atoms with Gasteiger partial charge in [0.25, 0.3) is 0 Å². The predicted molar refractivity (Wildman–Crippen MR) is 134 cm³/mol. The lowest BCUT2D eigenvalue weighted by Crippen LogP contribution is -2.34. The van der Waals surface area contributed by atoms with Crippen molar-refractivity contribution in [2.24, 2.45) is 4.99 Å². The smallest absolute Gasteiger partial charge is 0.229 e. The number of sulfonamides is 1. The summed E-state index contributed by atoms with van der Waals surface area (Å²) in [4.78, 5) is 6.92. The van der Waals surface area contributed by atoms with Gasteiger partial charge in [-0.05, 0) is 49.8 Å². The number of fused-ring (bicyclic) bond motifs is 1. The van der Waals surface area contributed by atoms with Crippen LogP contribution < -0.4 is 18.9 Å². The van der Waals surface area contributed by atoms with Crippen LogP contribution in [0, 0.1) is 11.3 Å². The number of ether oxygens (including phenoxy) is 3. The second-order valence-electron chi connectivity index (χ2n) is 8.76. The van der Waals surface area contributed by atoms with Gasteiger partial charge in [-0.3, -0.25) is 4.72 Å². The van der Waals surface area contributed by atoms with Gasteiger partial charge in [0.05, 0.1) is 32.3 Å². The van der Waals surface area contributed by atoms with E-state index in [1.807, 2.05) is 19.1 Å². The first-order valence-electron chi connectivity index (χ1n) is 11.5. The number of nitrogens with one attached hydrogen (secondary N) is 1. The highest BCUT2D eigenvalue weighted by molar-refractivity contribution is 7.92. The maximum Gasteiger partial charge on any atom is 0.229 e. The molecule has 0 radical (unpaired) electrons. The SMILES string of the molecule is COc1cc(OC2CCC2)c(C#N)c(N=C(C)N2CCc3c(cccc3NS(C)(=O)=O)C2)c1OC. The molecule has 1 fully saturated rings. The van der Waals surface area contributed by atoms with Crippen LogP contribution in [0.4, 0.5) is 11.4 Å². The number of amidine groups is 1. The van der Waals surface area contributed by atoms with Crippen molar-refractivity contribution in [2.45, 2.75) is 45.3 Å². The number of hydrogen-bond donors (Lipinski definition) is 1. The molecule has 10 heteroatoms. The molecule has 0 amide bonds. The second kappa shape index (κ2) is 10.0. The molecule has 2 aromatic carbocycles. The van der Waals surface area contributed by atoms with Gasteiger partial charge in [0.15, 0.2) is 11.5 Å². The first-order valence-corrected chi connectivity index (χ1v) is 13.4. The van der Waals surface area contributed by atoms with Gasteiger partial charge in [0.2, 0.25) is 10.0 Å². The highest BCUT2D eigenvalue weighted by Gasteiger charge is 2.27. The third-order valence-corrected chi connectivity index (χ3v) is 6.95. The monoisotopic (exact) mass is 498 g/mol. The lowest BCUT2D eigenvalue weighted by Gasteiger charge is -2.32. The molecule has 0 bridgehead atoms. The standard InChI is InChI=1S/C25H30N4O5S/c1-16(29-12-11-19-17(15-29)7-5-10-21(19)28-35(4,30)31)27-24-20(14-26)22(34-18-8-6-9-18)13-23(32-2)25(24)33-3/h5,7,10,13,18,28H,6,8-9,11-12,15H2,1-4H3. The number of rotatable bonds is 7. The summed E-state index contributed by atoms with van der Waals surface area (Å²) in [5, 5.41) is 10.00. The number of nitriles is 1. The molecule has 1 aliphatic carbocycles. The maximum absolute atomic E-state index is 11.8. The lowest BCUT2D eigenvalue weighted by atomic mass is 9.96. The molecule has 4 rings (SSSR count). The zero-order chi connectivity index (χ0) is 25.2. The summed E-state index contributed by atoms with van der Waals surface area (Å²) in [7, 11) is -0.306. The van der Waals surface area contributed by atoms with Crippen LogP contribution in [0.25, 0.3) is 0 Å². The molecule has 2 aromatic rings. The number of methoxy groups -OCH3 is 2. The van der Waals surface area contributed by atoms with E-state index in [9.17, 15) is 13.7 Å². The molecule has 0 atom stereocenters. The Balaban J connectivity index is 1.69. The molecular formula is C25H30N4O5S. The highest BCUT2D eigenvalue weighted by atomic mass is 32.2. The maximum atomic E-state index is 11.8. The molecule has 1 saturated carbocycles. The Morgan fingerprint density at radius 1 is 1.23 bits per heavy atom. The predicted octanol–water partition coefficient (Wildman–Crippen LogP) is 3.99. The molecule has 0 aromatic heterocycles. The van der Waals surface area contributed by atoms with E-state index in [0.29, 0.717) is 59.5 Å². The fourth-order valence-electron chi connectivity index (χ4n) is 4.34. The van der Waals surface area contributed by atoms with Crippen LogP contribution in [-0.4, -0.2) is 52.3 Å². The van der Waals surface area contributed by atoms with Crippen molar-refractivity contribution in [3.05, 3.63) is 41.0 Å². The van der Waals surface area contributed by atoms with Crippen LogP contribution in [0.15, 0.2) is 29.3 Å². The zero-order valence-electron chi connectivity index (χ0n) is 20.4. The van der Waals surface area contributed by atoms with Gasteiger partial charge in [-0.2, -0.15) is 5.26 Å². The van der Waals surface area contributed by atoms with E-state index in [0.717, 1.165) is 36.6 Å². The largest absolute Gasteiger partial charge is 0.493 e. The van der Waals surface area contributed by atoms with Gasteiger partial charge >= 0.3 is 0 Å². The Morgan fingerprint density at radius 2 is 2.00 bits per heavy atom.